The maximum Gasteiger partial charge on any atom is 0.323 e. The fourth-order valence-corrected chi connectivity index (χ4v) is 3.70. The highest BCUT2D eigenvalue weighted by Crippen LogP contribution is 2.26. The van der Waals surface area contributed by atoms with Gasteiger partial charge in [0.2, 0.25) is 5.95 Å². The second kappa shape index (κ2) is 10.9. The van der Waals surface area contributed by atoms with Crippen LogP contribution in [-0.2, 0) is 0 Å². The molecule has 0 aliphatic heterocycles. The van der Waals surface area contributed by atoms with Crippen molar-refractivity contribution in [3.8, 4) is 0 Å². The second-order valence-electron chi connectivity index (χ2n) is 7.21. The number of carbonyl (C=O) groups excluding carboxylic acids is 1. The average Bonchev–Trinajstić information content (AvgIpc) is 2.84. The summed E-state index contributed by atoms with van der Waals surface area (Å²) >= 11 is 7.15. The van der Waals surface area contributed by atoms with Crippen LogP contribution in [0.3, 0.4) is 0 Å². The summed E-state index contributed by atoms with van der Waals surface area (Å²) in [6.07, 6.45) is 1.68. The maximum atomic E-state index is 12.4. The molecule has 0 aliphatic rings. The summed E-state index contributed by atoms with van der Waals surface area (Å²) in [7, 11) is 1.89. The number of amides is 2. The van der Waals surface area contributed by atoms with Crippen LogP contribution >= 0.6 is 23.5 Å². The maximum absolute atomic E-state index is 12.4. The van der Waals surface area contributed by atoms with Gasteiger partial charge in [-0.25, -0.2) is 9.78 Å². The quantitative estimate of drug-likeness (QED) is 0.226. The number of nitrogens with one attached hydrogen (secondary N) is 3. The van der Waals surface area contributed by atoms with E-state index in [0.29, 0.717) is 28.2 Å². The Morgan fingerprint density at radius 3 is 2.41 bits per heavy atom. The Hall–Kier alpha value is -3.79. The third kappa shape index (κ3) is 6.16. The highest BCUT2D eigenvalue weighted by molar-refractivity contribution is 7.97. The molecular weight excluding hydrogens is 470 g/mol. The lowest BCUT2D eigenvalue weighted by Crippen LogP contribution is -2.19. The van der Waals surface area contributed by atoms with Gasteiger partial charge < -0.3 is 20.9 Å². The van der Waals surface area contributed by atoms with Crippen molar-refractivity contribution in [3.05, 3.63) is 90.1 Å². The first-order valence-electron chi connectivity index (χ1n) is 10.2. The monoisotopic (exact) mass is 491 g/mol. The normalized spacial score (nSPS) is 10.4. The predicted octanol–water partition coefficient (Wildman–Crippen LogP) is 6.25. The third-order valence-corrected chi connectivity index (χ3v) is 5.55. The van der Waals surface area contributed by atoms with Crippen molar-refractivity contribution in [2.45, 2.75) is 4.90 Å². The molecule has 8 nitrogen and oxygen atoms in total. The molecule has 3 aromatic carbocycles. The van der Waals surface area contributed by atoms with Crippen LogP contribution in [0.15, 0.2) is 90.0 Å². The van der Waals surface area contributed by atoms with Gasteiger partial charge in [0.15, 0.2) is 0 Å². The lowest BCUT2D eigenvalue weighted by Gasteiger charge is -2.20. The summed E-state index contributed by atoms with van der Waals surface area (Å²) in [5, 5.41) is 15.0. The van der Waals surface area contributed by atoms with Gasteiger partial charge in [0.25, 0.3) is 0 Å². The van der Waals surface area contributed by atoms with E-state index >= 15 is 0 Å². The molecule has 10 heteroatoms. The highest BCUT2D eigenvalue weighted by Gasteiger charge is 2.10. The van der Waals surface area contributed by atoms with Gasteiger partial charge in [-0.2, -0.15) is 4.98 Å². The summed E-state index contributed by atoms with van der Waals surface area (Å²) in [5.74, 6) is 1.14. The lowest BCUT2D eigenvalue weighted by molar-refractivity contribution is 0.262. The van der Waals surface area contributed by atoms with E-state index in [4.69, 9.17) is 16.7 Å². The predicted molar refractivity (Wildman–Crippen MR) is 140 cm³/mol. The Labute approximate surface area is 206 Å². The van der Waals surface area contributed by atoms with Crippen molar-refractivity contribution in [1.82, 2.24) is 9.97 Å². The summed E-state index contributed by atoms with van der Waals surface area (Å²) < 4.78 is 0. The topological polar surface area (TPSA) is 108 Å². The molecule has 0 fully saturated rings. The lowest BCUT2D eigenvalue weighted by atomic mass is 10.2. The van der Waals surface area contributed by atoms with Crippen LogP contribution in [0.25, 0.3) is 0 Å². The summed E-state index contributed by atoms with van der Waals surface area (Å²) in [4.78, 5) is 24.1. The SMILES string of the molecule is CN(c1cccc(NC(=O)Nc2cccc(Cl)c2)c1)c1ccnc(Nc2cccc(SN)c2)n1. The zero-order chi connectivity index (χ0) is 23.9. The van der Waals surface area contributed by atoms with Crippen LogP contribution in [0.1, 0.15) is 0 Å². The molecule has 0 spiro atoms. The zero-order valence-corrected chi connectivity index (χ0v) is 19.8. The molecule has 0 atom stereocenters. The van der Waals surface area contributed by atoms with Crippen LogP contribution in [0.5, 0.6) is 0 Å². The number of anilines is 6. The van der Waals surface area contributed by atoms with Gasteiger partial charge >= 0.3 is 6.03 Å². The molecule has 0 bridgehead atoms. The van der Waals surface area contributed by atoms with Gasteiger partial charge in [-0.05, 0) is 72.6 Å². The standard InChI is InChI=1S/C24H22ClN7OS/c1-32(22-11-12-27-23(31-22)28-19-8-4-10-21(15-19)34-26)20-9-3-7-18(14-20)30-24(33)29-17-6-2-5-16(25)13-17/h2-15H,26H2,1H3,(H,27,28,31)(H2,29,30,33). The number of carbonyl (C=O) groups is 1. The molecule has 2 amide bonds. The number of urea groups is 1. The fourth-order valence-electron chi connectivity index (χ4n) is 3.16. The van der Waals surface area contributed by atoms with Crippen molar-refractivity contribution in [3.63, 3.8) is 0 Å². The molecule has 0 saturated heterocycles. The minimum absolute atomic E-state index is 0.367. The van der Waals surface area contributed by atoms with Gasteiger partial charge in [0, 0.05) is 45.9 Å². The van der Waals surface area contributed by atoms with E-state index in [1.807, 2.05) is 66.5 Å². The molecule has 0 radical (unpaired) electrons. The van der Waals surface area contributed by atoms with E-state index in [0.717, 1.165) is 16.3 Å². The van der Waals surface area contributed by atoms with E-state index in [9.17, 15) is 4.79 Å². The first kappa shape index (κ1) is 23.4. The number of nitrogens with two attached hydrogens (primary N) is 1. The molecule has 34 heavy (non-hydrogen) atoms. The van der Waals surface area contributed by atoms with Crippen molar-refractivity contribution in [1.29, 1.82) is 0 Å². The number of nitrogens with zero attached hydrogens (tertiary/aromatic N) is 3. The van der Waals surface area contributed by atoms with E-state index in [-0.39, 0.29) is 6.03 Å². The largest absolute Gasteiger partial charge is 0.329 e. The van der Waals surface area contributed by atoms with Gasteiger partial charge in [0.05, 0.1) is 0 Å². The molecule has 1 aromatic heterocycles. The minimum Gasteiger partial charge on any atom is -0.329 e. The Bertz CT molecular complexity index is 1300. The summed E-state index contributed by atoms with van der Waals surface area (Å²) in [6.45, 7) is 0. The van der Waals surface area contributed by atoms with Crippen molar-refractivity contribution < 1.29 is 4.79 Å². The number of benzene rings is 3. The first-order chi connectivity index (χ1) is 16.5. The van der Waals surface area contributed by atoms with Crippen LogP contribution in [0.4, 0.5) is 39.3 Å². The van der Waals surface area contributed by atoms with Crippen molar-refractivity contribution in [2.75, 3.05) is 27.9 Å². The number of hydrogen-bond acceptors (Lipinski definition) is 7. The Morgan fingerprint density at radius 2 is 1.65 bits per heavy atom. The molecule has 172 valence electrons. The summed E-state index contributed by atoms with van der Waals surface area (Å²) in [6, 6.07) is 23.5. The zero-order valence-electron chi connectivity index (χ0n) is 18.2. The Balaban J connectivity index is 1.45. The molecule has 1 heterocycles. The average molecular weight is 492 g/mol. The smallest absolute Gasteiger partial charge is 0.323 e. The van der Waals surface area contributed by atoms with Crippen molar-refractivity contribution >= 4 is 64.1 Å². The molecular formula is C24H22ClN7OS. The van der Waals surface area contributed by atoms with E-state index in [2.05, 4.69) is 25.9 Å². The fraction of sp³-hybridized carbons (Fsp3) is 0.0417. The summed E-state index contributed by atoms with van der Waals surface area (Å²) in [5.41, 5.74) is 2.92. The van der Waals surface area contributed by atoms with Crippen molar-refractivity contribution in [2.24, 2.45) is 5.14 Å². The molecule has 5 N–H and O–H groups in total. The van der Waals surface area contributed by atoms with Gasteiger partial charge in [-0.15, -0.1) is 0 Å². The number of rotatable bonds is 7. The number of aromatic nitrogens is 2. The number of halogens is 1. The third-order valence-electron chi connectivity index (χ3n) is 4.78. The van der Waals surface area contributed by atoms with Crippen LogP contribution in [0.2, 0.25) is 5.02 Å². The van der Waals surface area contributed by atoms with Gasteiger partial charge in [-0.1, -0.05) is 29.8 Å². The highest BCUT2D eigenvalue weighted by atomic mass is 35.5. The van der Waals surface area contributed by atoms with Gasteiger partial charge in [0.1, 0.15) is 5.82 Å². The van der Waals surface area contributed by atoms with E-state index in [1.165, 1.54) is 11.9 Å². The van der Waals surface area contributed by atoms with Crippen LogP contribution in [0, 0.1) is 0 Å². The minimum atomic E-state index is -0.367. The van der Waals surface area contributed by atoms with E-state index < -0.39 is 0 Å². The van der Waals surface area contributed by atoms with E-state index in [1.54, 1.807) is 30.5 Å². The van der Waals surface area contributed by atoms with Crippen LogP contribution < -0.4 is 26.0 Å². The number of hydrogen-bond donors (Lipinski definition) is 4. The molecule has 0 aliphatic carbocycles. The van der Waals surface area contributed by atoms with Gasteiger partial charge in [-0.3, -0.25) is 5.14 Å². The Kier molecular flexibility index (Phi) is 7.48. The molecule has 4 aromatic rings. The Morgan fingerprint density at radius 1 is 0.941 bits per heavy atom. The first-order valence-corrected chi connectivity index (χ1v) is 11.5. The second-order valence-corrected chi connectivity index (χ2v) is 8.35. The molecule has 0 saturated carbocycles. The molecule has 4 rings (SSSR count). The molecule has 0 unspecified atom stereocenters. The van der Waals surface area contributed by atoms with Crippen LogP contribution in [-0.4, -0.2) is 23.0 Å².